The Morgan fingerprint density at radius 3 is 2.61 bits per heavy atom. The average molecular weight is 350 g/mol. The fourth-order valence-corrected chi connectivity index (χ4v) is 3.06. The summed E-state index contributed by atoms with van der Waals surface area (Å²) in [5.41, 5.74) is 0.978. The molecule has 122 valence electrons. The van der Waals surface area contributed by atoms with Crippen LogP contribution in [0.3, 0.4) is 0 Å². The van der Waals surface area contributed by atoms with Crippen LogP contribution < -0.4 is 10.1 Å². The Bertz CT molecular complexity index is 646. The van der Waals surface area contributed by atoms with Crippen LogP contribution in [0.5, 0.6) is 5.75 Å². The van der Waals surface area contributed by atoms with E-state index in [4.69, 9.17) is 16.3 Å². The molecule has 3 nitrogen and oxygen atoms in total. The van der Waals surface area contributed by atoms with Gasteiger partial charge in [0.25, 0.3) is 0 Å². The fourth-order valence-electron chi connectivity index (χ4n) is 2.04. The zero-order chi connectivity index (χ0) is 16.7. The molecule has 1 amide bonds. The van der Waals surface area contributed by atoms with Crippen LogP contribution in [0.1, 0.15) is 19.4 Å². The molecule has 0 aliphatic carbocycles. The van der Waals surface area contributed by atoms with Crippen molar-refractivity contribution >= 4 is 29.3 Å². The number of carbonyl (C=O) groups is 1. The average Bonchev–Trinajstić information content (AvgIpc) is 2.56. The van der Waals surface area contributed by atoms with E-state index in [1.165, 1.54) is 11.8 Å². The second-order valence-electron chi connectivity index (χ2n) is 4.97. The Hall–Kier alpha value is -1.65. The zero-order valence-corrected chi connectivity index (χ0v) is 14.8. The zero-order valence-electron chi connectivity index (χ0n) is 13.2. The van der Waals surface area contributed by atoms with Crippen molar-refractivity contribution in [3.05, 3.63) is 59.1 Å². The fraction of sp³-hybridized carbons (Fsp3) is 0.278. The van der Waals surface area contributed by atoms with Crippen LogP contribution in [0.2, 0.25) is 5.02 Å². The normalized spacial score (nSPS) is 11.8. The van der Waals surface area contributed by atoms with Crippen molar-refractivity contribution in [1.29, 1.82) is 0 Å². The van der Waals surface area contributed by atoms with Gasteiger partial charge in [-0.25, -0.2) is 0 Å². The second-order valence-corrected chi connectivity index (χ2v) is 6.82. The van der Waals surface area contributed by atoms with Gasteiger partial charge in [-0.15, -0.1) is 11.8 Å². The lowest BCUT2D eigenvalue weighted by molar-refractivity contribution is -0.120. The highest BCUT2D eigenvalue weighted by Gasteiger charge is 2.14. The molecule has 2 aromatic rings. The van der Waals surface area contributed by atoms with Crippen LogP contribution in [0.4, 0.5) is 0 Å². The molecule has 0 saturated carbocycles. The molecule has 0 unspecified atom stereocenters. The highest BCUT2D eigenvalue weighted by atomic mass is 35.5. The molecule has 1 atom stereocenters. The predicted molar refractivity (Wildman–Crippen MR) is 96.2 cm³/mol. The van der Waals surface area contributed by atoms with Crippen LogP contribution in [0.15, 0.2) is 53.4 Å². The Morgan fingerprint density at radius 1 is 1.22 bits per heavy atom. The van der Waals surface area contributed by atoms with E-state index in [1.54, 1.807) is 0 Å². The largest absolute Gasteiger partial charge is 0.494 e. The molecule has 0 aromatic heterocycles. The third-order valence-corrected chi connectivity index (χ3v) is 4.59. The van der Waals surface area contributed by atoms with E-state index in [2.05, 4.69) is 5.32 Å². The van der Waals surface area contributed by atoms with Crippen molar-refractivity contribution in [2.75, 3.05) is 6.61 Å². The van der Waals surface area contributed by atoms with Crippen molar-refractivity contribution < 1.29 is 9.53 Å². The molecular formula is C18H20ClNO2S. The molecule has 0 saturated heterocycles. The number of para-hydroxylation sites is 1. The molecule has 1 N–H and O–H groups in total. The molecule has 0 heterocycles. The summed E-state index contributed by atoms with van der Waals surface area (Å²) in [4.78, 5) is 13.3. The highest BCUT2D eigenvalue weighted by molar-refractivity contribution is 8.00. The summed E-state index contributed by atoms with van der Waals surface area (Å²) in [5.74, 6) is 0.810. The minimum absolute atomic E-state index is 0.00347. The monoisotopic (exact) mass is 349 g/mol. The Labute approximate surface area is 146 Å². The first-order valence-electron chi connectivity index (χ1n) is 7.50. The van der Waals surface area contributed by atoms with Crippen molar-refractivity contribution in [1.82, 2.24) is 5.32 Å². The maximum atomic E-state index is 12.3. The summed E-state index contributed by atoms with van der Waals surface area (Å²) in [5, 5.41) is 3.47. The summed E-state index contributed by atoms with van der Waals surface area (Å²) in [7, 11) is 0. The summed E-state index contributed by atoms with van der Waals surface area (Å²) < 4.78 is 5.57. The van der Waals surface area contributed by atoms with E-state index < -0.39 is 0 Å². The third kappa shape index (κ3) is 5.48. The third-order valence-electron chi connectivity index (χ3n) is 3.22. The van der Waals surface area contributed by atoms with Gasteiger partial charge in [0.1, 0.15) is 5.75 Å². The van der Waals surface area contributed by atoms with Crippen LogP contribution in [-0.2, 0) is 11.3 Å². The molecule has 5 heteroatoms. The summed E-state index contributed by atoms with van der Waals surface area (Å²) >= 11 is 7.38. The van der Waals surface area contributed by atoms with Gasteiger partial charge in [0.2, 0.25) is 5.91 Å². The van der Waals surface area contributed by atoms with Crippen LogP contribution in [0.25, 0.3) is 0 Å². The molecule has 2 aromatic carbocycles. The topological polar surface area (TPSA) is 38.3 Å². The van der Waals surface area contributed by atoms with Crippen molar-refractivity contribution in [3.8, 4) is 5.75 Å². The lowest BCUT2D eigenvalue weighted by atomic mass is 10.2. The first-order valence-corrected chi connectivity index (χ1v) is 8.76. The maximum absolute atomic E-state index is 12.3. The van der Waals surface area contributed by atoms with E-state index in [0.29, 0.717) is 18.2 Å². The van der Waals surface area contributed by atoms with Crippen molar-refractivity contribution in [2.45, 2.75) is 30.5 Å². The number of halogens is 1. The van der Waals surface area contributed by atoms with Gasteiger partial charge < -0.3 is 10.1 Å². The van der Waals surface area contributed by atoms with Gasteiger partial charge in [-0.05, 0) is 44.2 Å². The number of nitrogens with one attached hydrogen (secondary N) is 1. The Kier molecular flexibility index (Phi) is 6.81. The quantitative estimate of drug-likeness (QED) is 0.746. The molecule has 0 bridgehead atoms. The van der Waals surface area contributed by atoms with Crippen LogP contribution >= 0.6 is 23.4 Å². The standard InChI is InChI=1S/C18H20ClNO2S/c1-3-22-17-7-5-4-6-14(17)12-20-18(21)13(2)23-16-10-8-15(19)9-11-16/h4-11,13H,3,12H2,1-2H3,(H,20,21)/t13-/m1/s1. The number of amides is 1. The van der Waals surface area contributed by atoms with Gasteiger partial charge in [-0.2, -0.15) is 0 Å². The van der Waals surface area contributed by atoms with Gasteiger partial charge in [0.15, 0.2) is 0 Å². The first kappa shape index (κ1) is 17.7. The number of hydrogen-bond acceptors (Lipinski definition) is 3. The van der Waals surface area contributed by atoms with E-state index in [-0.39, 0.29) is 11.2 Å². The van der Waals surface area contributed by atoms with E-state index in [9.17, 15) is 4.79 Å². The SMILES string of the molecule is CCOc1ccccc1CNC(=O)[C@@H](C)Sc1ccc(Cl)cc1. The summed E-state index contributed by atoms with van der Waals surface area (Å²) in [6, 6.07) is 15.2. The van der Waals surface area contributed by atoms with E-state index in [0.717, 1.165) is 16.2 Å². The van der Waals surface area contributed by atoms with Crippen LogP contribution in [0, 0.1) is 0 Å². The van der Waals surface area contributed by atoms with Crippen molar-refractivity contribution in [3.63, 3.8) is 0 Å². The number of thioether (sulfide) groups is 1. The number of rotatable bonds is 7. The smallest absolute Gasteiger partial charge is 0.233 e. The molecule has 23 heavy (non-hydrogen) atoms. The number of benzene rings is 2. The minimum Gasteiger partial charge on any atom is -0.494 e. The Balaban J connectivity index is 1.90. The summed E-state index contributed by atoms with van der Waals surface area (Å²) in [6.07, 6.45) is 0. The molecule has 0 spiro atoms. The molecular weight excluding hydrogens is 330 g/mol. The lowest BCUT2D eigenvalue weighted by Crippen LogP contribution is -2.30. The van der Waals surface area contributed by atoms with Gasteiger partial charge in [0, 0.05) is 22.0 Å². The molecule has 2 rings (SSSR count). The highest BCUT2D eigenvalue weighted by Crippen LogP contribution is 2.25. The maximum Gasteiger partial charge on any atom is 0.233 e. The van der Waals surface area contributed by atoms with E-state index >= 15 is 0 Å². The van der Waals surface area contributed by atoms with Gasteiger partial charge in [-0.1, -0.05) is 29.8 Å². The molecule has 0 fully saturated rings. The van der Waals surface area contributed by atoms with Gasteiger partial charge in [-0.3, -0.25) is 4.79 Å². The number of carbonyl (C=O) groups excluding carboxylic acids is 1. The first-order chi connectivity index (χ1) is 11.1. The van der Waals surface area contributed by atoms with Gasteiger partial charge in [0.05, 0.1) is 11.9 Å². The van der Waals surface area contributed by atoms with Crippen molar-refractivity contribution in [2.24, 2.45) is 0 Å². The summed E-state index contributed by atoms with van der Waals surface area (Å²) in [6.45, 7) is 4.90. The lowest BCUT2D eigenvalue weighted by Gasteiger charge is -2.14. The van der Waals surface area contributed by atoms with E-state index in [1.807, 2.05) is 62.4 Å². The van der Waals surface area contributed by atoms with Gasteiger partial charge >= 0.3 is 0 Å². The molecule has 0 radical (unpaired) electrons. The Morgan fingerprint density at radius 2 is 1.91 bits per heavy atom. The molecule has 0 aliphatic rings. The molecule has 0 aliphatic heterocycles. The number of ether oxygens (including phenoxy) is 1. The van der Waals surface area contributed by atoms with Crippen LogP contribution in [-0.4, -0.2) is 17.8 Å². The minimum atomic E-state index is -0.185. The number of hydrogen-bond donors (Lipinski definition) is 1. The predicted octanol–water partition coefficient (Wildman–Crippen LogP) is 4.54. The second kappa shape index (κ2) is 8.85.